The van der Waals surface area contributed by atoms with Crippen LogP contribution in [0.15, 0.2) is 24.3 Å². The molecule has 0 aliphatic carbocycles. The lowest BCUT2D eigenvalue weighted by atomic mass is 9.80. The average Bonchev–Trinajstić information content (AvgIpc) is 2.52. The number of carboxylic acids is 1. The molecule has 1 aliphatic heterocycles. The summed E-state index contributed by atoms with van der Waals surface area (Å²) in [6.07, 6.45) is 0.822. The normalized spacial score (nSPS) is 18.5. The van der Waals surface area contributed by atoms with E-state index in [9.17, 15) is 14.7 Å². The average molecular weight is 326 g/mol. The summed E-state index contributed by atoms with van der Waals surface area (Å²) < 4.78 is 5.22. The van der Waals surface area contributed by atoms with Crippen molar-refractivity contribution in [1.29, 1.82) is 0 Å². The number of aliphatic carboxylic acids is 1. The molecule has 2 N–H and O–H groups in total. The van der Waals surface area contributed by atoms with Crippen LogP contribution in [0.25, 0.3) is 0 Å². The second kappa shape index (κ2) is 7.11. The van der Waals surface area contributed by atoms with E-state index in [2.05, 4.69) is 5.32 Å². The predicted octanol–water partition coefficient (Wildman–Crippen LogP) is 2.44. The number of nitrogens with one attached hydrogen (secondary N) is 1. The molecule has 1 amide bonds. The molecule has 0 radical (unpaired) electrons. The summed E-state index contributed by atoms with van der Waals surface area (Å²) in [5.74, 6) is -1.47. The number of hydrogen-bond donors (Lipinski definition) is 2. The first kappa shape index (κ1) is 16.8. The molecule has 0 aromatic heterocycles. The molecule has 0 bridgehead atoms. The third-order valence-corrected chi connectivity index (χ3v) is 4.48. The fourth-order valence-corrected chi connectivity index (χ4v) is 2.76. The number of carbonyl (C=O) groups excluding carboxylic acids is 1. The molecule has 22 heavy (non-hydrogen) atoms. The lowest BCUT2D eigenvalue weighted by molar-refractivity contribution is -0.154. The molecule has 0 saturated carbocycles. The lowest BCUT2D eigenvalue weighted by Crippen LogP contribution is -2.47. The van der Waals surface area contributed by atoms with Crippen LogP contribution in [-0.2, 0) is 14.3 Å². The van der Waals surface area contributed by atoms with E-state index >= 15 is 0 Å². The summed E-state index contributed by atoms with van der Waals surface area (Å²) in [6.45, 7) is 2.71. The number of rotatable bonds is 5. The maximum atomic E-state index is 12.3. The molecule has 1 fully saturated rings. The highest BCUT2D eigenvalue weighted by molar-refractivity contribution is 6.30. The summed E-state index contributed by atoms with van der Waals surface area (Å²) in [6, 6.07) is 7.11. The van der Waals surface area contributed by atoms with Gasteiger partial charge in [-0.15, -0.1) is 0 Å². The van der Waals surface area contributed by atoms with E-state index in [1.54, 1.807) is 25.1 Å². The Morgan fingerprint density at radius 1 is 1.41 bits per heavy atom. The fourth-order valence-electron chi connectivity index (χ4n) is 2.57. The van der Waals surface area contributed by atoms with Gasteiger partial charge in [0, 0.05) is 24.8 Å². The van der Waals surface area contributed by atoms with Gasteiger partial charge in [-0.05, 0) is 37.5 Å². The summed E-state index contributed by atoms with van der Waals surface area (Å²) in [4.78, 5) is 23.8. The zero-order chi connectivity index (χ0) is 16.2. The van der Waals surface area contributed by atoms with Crippen molar-refractivity contribution in [3.63, 3.8) is 0 Å². The van der Waals surface area contributed by atoms with Crippen molar-refractivity contribution in [2.45, 2.75) is 25.7 Å². The van der Waals surface area contributed by atoms with Gasteiger partial charge >= 0.3 is 5.97 Å². The Kier molecular flexibility index (Phi) is 5.42. The maximum Gasteiger partial charge on any atom is 0.311 e. The molecule has 1 heterocycles. The third-order valence-electron chi connectivity index (χ3n) is 4.25. The van der Waals surface area contributed by atoms with Crippen molar-refractivity contribution in [2.75, 3.05) is 19.8 Å². The topological polar surface area (TPSA) is 75.6 Å². The maximum absolute atomic E-state index is 12.3. The van der Waals surface area contributed by atoms with Crippen LogP contribution in [0.4, 0.5) is 0 Å². The summed E-state index contributed by atoms with van der Waals surface area (Å²) in [5.41, 5.74) is -0.122. The molecule has 1 saturated heterocycles. The second-order valence-corrected chi connectivity index (χ2v) is 6.13. The van der Waals surface area contributed by atoms with Gasteiger partial charge in [-0.3, -0.25) is 9.59 Å². The van der Waals surface area contributed by atoms with Crippen molar-refractivity contribution in [3.05, 3.63) is 34.9 Å². The first-order valence-corrected chi connectivity index (χ1v) is 7.67. The minimum Gasteiger partial charge on any atom is -0.481 e. The largest absolute Gasteiger partial charge is 0.481 e. The molecular weight excluding hydrogens is 306 g/mol. The van der Waals surface area contributed by atoms with Crippen molar-refractivity contribution in [2.24, 2.45) is 5.41 Å². The smallest absolute Gasteiger partial charge is 0.311 e. The Morgan fingerprint density at radius 3 is 2.68 bits per heavy atom. The van der Waals surface area contributed by atoms with Gasteiger partial charge in [-0.2, -0.15) is 0 Å². The van der Waals surface area contributed by atoms with E-state index < -0.39 is 11.4 Å². The number of amides is 1. The molecular formula is C16H20ClNO4. The van der Waals surface area contributed by atoms with E-state index in [0.717, 1.165) is 5.56 Å². The van der Waals surface area contributed by atoms with Crippen LogP contribution in [0.1, 0.15) is 31.2 Å². The highest BCUT2D eigenvalue weighted by Gasteiger charge is 2.40. The van der Waals surface area contributed by atoms with E-state index in [0.29, 0.717) is 31.1 Å². The fraction of sp³-hybridized carbons (Fsp3) is 0.500. The van der Waals surface area contributed by atoms with Crippen molar-refractivity contribution < 1.29 is 19.4 Å². The zero-order valence-electron chi connectivity index (χ0n) is 12.5. The Balaban J connectivity index is 2.00. The first-order chi connectivity index (χ1) is 10.4. The Bertz CT molecular complexity index is 555. The van der Waals surface area contributed by atoms with Gasteiger partial charge < -0.3 is 15.2 Å². The van der Waals surface area contributed by atoms with Crippen LogP contribution < -0.4 is 5.32 Å². The molecule has 5 nitrogen and oxygen atoms in total. The van der Waals surface area contributed by atoms with Gasteiger partial charge in [0.15, 0.2) is 0 Å². The molecule has 6 heteroatoms. The zero-order valence-corrected chi connectivity index (χ0v) is 13.2. The van der Waals surface area contributed by atoms with Crippen LogP contribution >= 0.6 is 11.6 Å². The molecule has 1 aromatic carbocycles. The predicted molar refractivity (Wildman–Crippen MR) is 83.0 cm³/mol. The number of hydrogen-bond acceptors (Lipinski definition) is 3. The Hall–Kier alpha value is -1.59. The van der Waals surface area contributed by atoms with Gasteiger partial charge in [0.25, 0.3) is 0 Å². The van der Waals surface area contributed by atoms with Gasteiger partial charge in [-0.25, -0.2) is 0 Å². The molecule has 2 rings (SSSR count). The highest BCUT2D eigenvalue weighted by atomic mass is 35.5. The molecule has 0 spiro atoms. The number of carboxylic acid groups (broad SMARTS) is 1. The minimum absolute atomic E-state index is 0.120. The van der Waals surface area contributed by atoms with E-state index in [-0.39, 0.29) is 18.4 Å². The van der Waals surface area contributed by atoms with Crippen LogP contribution in [0.3, 0.4) is 0 Å². The Morgan fingerprint density at radius 2 is 2.09 bits per heavy atom. The molecule has 120 valence electrons. The van der Waals surface area contributed by atoms with E-state index in [4.69, 9.17) is 16.3 Å². The van der Waals surface area contributed by atoms with Crippen molar-refractivity contribution in [1.82, 2.24) is 5.32 Å². The summed E-state index contributed by atoms with van der Waals surface area (Å²) in [5, 5.41) is 12.8. The molecule has 1 aromatic rings. The van der Waals surface area contributed by atoms with Gasteiger partial charge in [0.05, 0.1) is 11.3 Å². The Labute approximate surface area is 134 Å². The monoisotopic (exact) mass is 325 g/mol. The van der Waals surface area contributed by atoms with Gasteiger partial charge in [0.1, 0.15) is 0 Å². The molecule has 1 atom stereocenters. The molecule has 1 aliphatic rings. The molecule has 1 unspecified atom stereocenters. The number of ether oxygens (including phenoxy) is 1. The highest BCUT2D eigenvalue weighted by Crippen LogP contribution is 2.30. The summed E-state index contributed by atoms with van der Waals surface area (Å²) >= 11 is 5.93. The lowest BCUT2D eigenvalue weighted by Gasteiger charge is -2.33. The van der Waals surface area contributed by atoms with E-state index in [1.165, 1.54) is 0 Å². The van der Waals surface area contributed by atoms with Crippen LogP contribution in [0.2, 0.25) is 5.02 Å². The SMILES string of the molecule is CC(C(=O)NCC1(C(=O)O)CCOCC1)c1cccc(Cl)c1. The van der Waals surface area contributed by atoms with Crippen molar-refractivity contribution in [3.8, 4) is 0 Å². The standard InChI is InChI=1S/C16H20ClNO4/c1-11(12-3-2-4-13(17)9-12)14(19)18-10-16(15(20)21)5-7-22-8-6-16/h2-4,9,11H,5-8,10H2,1H3,(H,18,19)(H,20,21). The first-order valence-electron chi connectivity index (χ1n) is 7.29. The third kappa shape index (κ3) is 3.78. The van der Waals surface area contributed by atoms with Gasteiger partial charge in [0.2, 0.25) is 5.91 Å². The van der Waals surface area contributed by atoms with Crippen LogP contribution in [-0.4, -0.2) is 36.7 Å². The second-order valence-electron chi connectivity index (χ2n) is 5.69. The van der Waals surface area contributed by atoms with Crippen LogP contribution in [0.5, 0.6) is 0 Å². The van der Waals surface area contributed by atoms with Gasteiger partial charge in [-0.1, -0.05) is 23.7 Å². The van der Waals surface area contributed by atoms with Crippen molar-refractivity contribution >= 4 is 23.5 Å². The number of carbonyl (C=O) groups is 2. The number of benzene rings is 1. The quantitative estimate of drug-likeness (QED) is 0.872. The summed E-state index contributed by atoms with van der Waals surface area (Å²) in [7, 11) is 0. The van der Waals surface area contributed by atoms with E-state index in [1.807, 2.05) is 6.07 Å². The number of halogens is 1. The minimum atomic E-state index is -0.929. The van der Waals surface area contributed by atoms with Crippen LogP contribution in [0, 0.1) is 5.41 Å².